The van der Waals surface area contributed by atoms with Gasteiger partial charge in [-0.25, -0.2) is 9.78 Å². The lowest BCUT2D eigenvalue weighted by Gasteiger charge is -2.27. The molecule has 1 unspecified atom stereocenters. The number of benzene rings is 2. The highest BCUT2D eigenvalue weighted by molar-refractivity contribution is 5.98. The molecule has 4 aromatic rings. The van der Waals surface area contributed by atoms with Crippen molar-refractivity contribution in [2.45, 2.75) is 147 Å². The number of aromatic amines is 2. The SMILES string of the molecule is CCCC[C@H](CC(C)=O)C(=O)C[C@H]1CC(=O)CCCCC[C@@H](C(=O)O)NC(=O)[C@H](Cc2c[nH]c3ccccc23)NC(=O)[C@H](CCCNC(=N)N)CC(=O)[C@@H](Cc2ccccc2)NC(=O)C(Cc2c[nH]cn2)NC1=O. The molecule has 4 amide bonds. The third-order valence-corrected chi connectivity index (χ3v) is 13.4. The second kappa shape index (κ2) is 29.3. The van der Waals surface area contributed by atoms with E-state index in [2.05, 4.69) is 41.5 Å². The van der Waals surface area contributed by atoms with E-state index in [4.69, 9.17) is 11.1 Å². The Morgan fingerprint density at radius 2 is 1.49 bits per heavy atom. The van der Waals surface area contributed by atoms with Crippen LogP contribution >= 0.6 is 0 Å². The number of para-hydroxylation sites is 1. The minimum atomic E-state index is -1.37. The molecular weight excluding hydrogens is 949 g/mol. The van der Waals surface area contributed by atoms with Gasteiger partial charge in [0.2, 0.25) is 23.6 Å². The van der Waals surface area contributed by atoms with Crippen LogP contribution in [0.15, 0.2) is 73.3 Å². The predicted octanol–water partition coefficient (Wildman–Crippen LogP) is 4.07. The van der Waals surface area contributed by atoms with E-state index in [1.54, 1.807) is 36.5 Å². The Hall–Kier alpha value is -7.51. The highest BCUT2D eigenvalue weighted by Gasteiger charge is 2.36. The Balaban J connectivity index is 1.55. The Labute approximate surface area is 430 Å². The van der Waals surface area contributed by atoms with Crippen LogP contribution in [-0.2, 0) is 62.4 Å². The van der Waals surface area contributed by atoms with Gasteiger partial charge >= 0.3 is 5.97 Å². The summed E-state index contributed by atoms with van der Waals surface area (Å²) in [6.07, 6.45) is 6.27. The Morgan fingerprint density at radius 1 is 0.797 bits per heavy atom. The highest BCUT2D eigenvalue weighted by atomic mass is 16.4. The van der Waals surface area contributed by atoms with Crippen LogP contribution in [0.25, 0.3) is 10.9 Å². The molecule has 0 spiro atoms. The number of nitrogens with two attached hydrogens (primary N) is 1. The molecule has 0 saturated carbocycles. The summed E-state index contributed by atoms with van der Waals surface area (Å²) < 4.78 is 0. The van der Waals surface area contributed by atoms with Crippen LogP contribution < -0.4 is 32.3 Å². The summed E-state index contributed by atoms with van der Waals surface area (Å²) in [6, 6.07) is 10.9. The smallest absolute Gasteiger partial charge is 0.326 e. The van der Waals surface area contributed by atoms with Gasteiger partial charge in [0.05, 0.1) is 24.0 Å². The first kappa shape index (κ1) is 57.4. The van der Waals surface area contributed by atoms with Crippen molar-refractivity contribution in [3.63, 3.8) is 0 Å². The number of aliphatic carboxylic acids is 1. The van der Waals surface area contributed by atoms with Gasteiger partial charge in [-0.3, -0.25) is 39.0 Å². The molecule has 1 fully saturated rings. The minimum absolute atomic E-state index is 0.0139. The van der Waals surface area contributed by atoms with Crippen LogP contribution in [0.5, 0.6) is 0 Å². The second-order valence-electron chi connectivity index (χ2n) is 19.4. The molecule has 3 heterocycles. The molecule has 0 aliphatic carbocycles. The maximum absolute atomic E-state index is 14.8. The van der Waals surface area contributed by atoms with Gasteiger partial charge in [0, 0.05) is 86.6 Å². The first-order chi connectivity index (χ1) is 35.5. The van der Waals surface area contributed by atoms with E-state index >= 15 is 0 Å². The molecule has 20 heteroatoms. The number of carbonyl (C=O) groups excluding carboxylic acids is 8. The number of hydrogen-bond donors (Lipinski definition) is 10. The fraction of sp³-hybridized carbons (Fsp3) is 0.500. The van der Waals surface area contributed by atoms with Gasteiger partial charge in [-0.2, -0.15) is 0 Å². The molecule has 2 aromatic carbocycles. The number of aromatic nitrogens is 3. The zero-order valence-electron chi connectivity index (χ0n) is 42.3. The number of Topliss-reactive ketones (excluding diaryl/α,β-unsaturated/α-hetero) is 4. The summed E-state index contributed by atoms with van der Waals surface area (Å²) in [4.78, 5) is 136. The first-order valence-corrected chi connectivity index (χ1v) is 25.7. The molecule has 20 nitrogen and oxygen atoms in total. The number of hydrogen-bond acceptors (Lipinski definition) is 11. The fourth-order valence-electron chi connectivity index (χ4n) is 9.38. The highest BCUT2D eigenvalue weighted by Crippen LogP contribution is 2.24. The lowest BCUT2D eigenvalue weighted by molar-refractivity contribution is -0.142. The summed E-state index contributed by atoms with van der Waals surface area (Å²) >= 11 is 0. The first-order valence-electron chi connectivity index (χ1n) is 25.7. The monoisotopic (exact) mass is 1020 g/mol. The van der Waals surface area contributed by atoms with E-state index in [-0.39, 0.29) is 100 Å². The van der Waals surface area contributed by atoms with Crippen molar-refractivity contribution in [3.05, 3.63) is 90.1 Å². The van der Waals surface area contributed by atoms with E-state index in [9.17, 15) is 48.3 Å². The van der Waals surface area contributed by atoms with Crippen molar-refractivity contribution >= 4 is 69.6 Å². The Bertz CT molecular complexity index is 2560. The second-order valence-corrected chi connectivity index (χ2v) is 19.4. The van der Waals surface area contributed by atoms with Gasteiger partial charge in [0.1, 0.15) is 35.5 Å². The minimum Gasteiger partial charge on any atom is -0.480 e. The number of imidazole rings is 1. The Morgan fingerprint density at radius 3 is 2.18 bits per heavy atom. The molecule has 2 aromatic heterocycles. The average Bonchev–Trinajstić information content (AvgIpc) is 4.04. The number of rotatable bonds is 19. The van der Waals surface area contributed by atoms with Gasteiger partial charge in [0.25, 0.3) is 0 Å². The number of H-pyrrole nitrogens is 2. The lowest BCUT2D eigenvalue weighted by atomic mass is 9.85. The standard InChI is InChI=1S/C54H72N10O10/c1-3-4-16-35(23-33(2)65)47(67)28-37-25-40(66)18-9-6-10-21-43(53(73)74)61-51(71)45(26-38-30-59-42-20-12-11-19-41(38)42)63-49(69)36(17-13-22-58-54(55)56)27-48(68)44(24-34-14-7-5-8-15-34)62-52(72)46(64-50(37)70)29-39-31-57-32-60-39/h5,7-8,11-12,14-15,19-20,30-32,35-37,43-46,59H,3-4,6,9-10,13,16-18,21-29H2,1-2H3,(H,57,60)(H,61,71)(H,62,72)(H,63,69)(H,64,70)(H,73,74)(H4,55,56,58)/t35-,36-,37-,43+,44-,45+,46?/m1/s1. The number of carboxylic acid groups (broad SMARTS) is 1. The van der Waals surface area contributed by atoms with Gasteiger partial charge in [-0.1, -0.05) is 81.1 Å². The van der Waals surface area contributed by atoms with E-state index in [1.165, 1.54) is 19.4 Å². The van der Waals surface area contributed by atoms with E-state index < -0.39 is 83.7 Å². The van der Waals surface area contributed by atoms with Crippen LogP contribution in [0.1, 0.15) is 121 Å². The van der Waals surface area contributed by atoms with Crippen molar-refractivity contribution < 1.29 is 48.3 Å². The average molecular weight is 1020 g/mol. The van der Waals surface area contributed by atoms with Crippen molar-refractivity contribution in [1.82, 2.24) is 41.5 Å². The molecule has 11 N–H and O–H groups in total. The number of carbonyl (C=O) groups is 9. The molecule has 398 valence electrons. The largest absolute Gasteiger partial charge is 0.480 e. The molecule has 1 saturated heterocycles. The predicted molar refractivity (Wildman–Crippen MR) is 276 cm³/mol. The van der Waals surface area contributed by atoms with Crippen LogP contribution in [-0.4, -0.2) is 109 Å². The van der Waals surface area contributed by atoms with Gasteiger partial charge in [0.15, 0.2) is 11.7 Å². The molecule has 0 bridgehead atoms. The molecule has 74 heavy (non-hydrogen) atoms. The summed E-state index contributed by atoms with van der Waals surface area (Å²) in [5, 5.41) is 32.5. The number of unbranched alkanes of at least 4 members (excludes halogenated alkanes) is 1. The van der Waals surface area contributed by atoms with E-state index in [0.29, 0.717) is 42.5 Å². The summed E-state index contributed by atoms with van der Waals surface area (Å²) in [5.74, 6) is -9.10. The van der Waals surface area contributed by atoms with Crippen LogP contribution in [0.3, 0.4) is 0 Å². The molecular formula is C54H72N10O10. The maximum Gasteiger partial charge on any atom is 0.326 e. The van der Waals surface area contributed by atoms with Crippen molar-refractivity contribution in [1.29, 1.82) is 5.41 Å². The molecule has 1 aliphatic heterocycles. The number of ketones is 4. The normalized spacial score (nSPS) is 21.6. The summed E-state index contributed by atoms with van der Waals surface area (Å²) in [7, 11) is 0. The van der Waals surface area contributed by atoms with Crippen LogP contribution in [0.2, 0.25) is 0 Å². The number of amides is 4. The summed E-state index contributed by atoms with van der Waals surface area (Å²) in [5.41, 5.74) is 8.02. The van der Waals surface area contributed by atoms with Crippen molar-refractivity contribution in [2.75, 3.05) is 6.54 Å². The number of guanidine groups is 1. The van der Waals surface area contributed by atoms with Crippen molar-refractivity contribution in [3.8, 4) is 0 Å². The van der Waals surface area contributed by atoms with Gasteiger partial charge in [-0.05, 0) is 62.6 Å². The van der Waals surface area contributed by atoms with Crippen LogP contribution in [0, 0.1) is 23.2 Å². The van der Waals surface area contributed by atoms with Gasteiger partial charge in [-0.15, -0.1) is 0 Å². The molecule has 7 atom stereocenters. The maximum atomic E-state index is 14.8. The van der Waals surface area contributed by atoms with E-state index in [0.717, 1.165) is 17.3 Å². The Kier molecular flexibility index (Phi) is 22.7. The molecule has 5 rings (SSSR count). The third-order valence-electron chi connectivity index (χ3n) is 13.4. The topological polar surface area (TPSA) is 328 Å². The lowest BCUT2D eigenvalue weighted by Crippen LogP contribution is -2.55. The number of carboxylic acids is 1. The molecule has 0 radical (unpaired) electrons. The quantitative estimate of drug-likeness (QED) is 0.0360. The summed E-state index contributed by atoms with van der Waals surface area (Å²) in [6.45, 7) is 3.51. The van der Waals surface area contributed by atoms with E-state index in [1.807, 2.05) is 31.2 Å². The fourth-order valence-corrected chi connectivity index (χ4v) is 9.38. The third kappa shape index (κ3) is 18.5. The van der Waals surface area contributed by atoms with Crippen LogP contribution in [0.4, 0.5) is 0 Å². The number of nitrogens with one attached hydrogen (secondary N) is 8. The number of fused-ring (bicyclic) bond motifs is 1. The van der Waals surface area contributed by atoms with Crippen molar-refractivity contribution in [2.24, 2.45) is 23.5 Å². The molecule has 1 aliphatic rings. The number of nitrogens with zero attached hydrogens (tertiary/aromatic N) is 1. The zero-order chi connectivity index (χ0) is 53.6. The zero-order valence-corrected chi connectivity index (χ0v) is 42.3. The van der Waals surface area contributed by atoms with Gasteiger partial charge < -0.3 is 52.2 Å².